The molecule has 0 radical (unpaired) electrons. The highest BCUT2D eigenvalue weighted by Gasteiger charge is 2.31. The Morgan fingerprint density at radius 2 is 1.82 bits per heavy atom. The Morgan fingerprint density at radius 3 is 2.39 bits per heavy atom. The van der Waals surface area contributed by atoms with E-state index in [4.69, 9.17) is 16.3 Å². The SMILES string of the molecule is CCOc1ccc(S(=O)(=O)Nc2cc(C(F)(F)F)ccc2Cl)cc1NC(C)=O. The number of alkyl halides is 3. The van der Waals surface area contributed by atoms with Crippen LogP contribution in [-0.2, 0) is 21.0 Å². The van der Waals surface area contributed by atoms with Gasteiger partial charge >= 0.3 is 6.18 Å². The van der Waals surface area contributed by atoms with Crippen molar-refractivity contribution in [3.05, 3.63) is 47.0 Å². The molecule has 0 aromatic heterocycles. The largest absolute Gasteiger partial charge is 0.492 e. The molecule has 0 bridgehead atoms. The Hall–Kier alpha value is -2.46. The van der Waals surface area contributed by atoms with Crippen LogP contribution in [0.25, 0.3) is 0 Å². The number of benzene rings is 2. The lowest BCUT2D eigenvalue weighted by Gasteiger charge is -2.15. The van der Waals surface area contributed by atoms with Crippen LogP contribution in [0.3, 0.4) is 0 Å². The quantitative estimate of drug-likeness (QED) is 0.697. The Kier molecular flexibility index (Phi) is 6.45. The number of hydrogen-bond donors (Lipinski definition) is 2. The predicted octanol–water partition coefficient (Wildman–Crippen LogP) is 4.52. The molecule has 0 saturated carbocycles. The topological polar surface area (TPSA) is 84.5 Å². The first-order valence-electron chi connectivity index (χ1n) is 7.88. The smallest absolute Gasteiger partial charge is 0.416 e. The molecule has 0 spiro atoms. The molecule has 28 heavy (non-hydrogen) atoms. The lowest BCUT2D eigenvalue weighted by atomic mass is 10.2. The van der Waals surface area contributed by atoms with E-state index in [0.717, 1.165) is 18.2 Å². The number of carbonyl (C=O) groups is 1. The Bertz CT molecular complexity index is 994. The van der Waals surface area contributed by atoms with E-state index in [1.807, 2.05) is 4.72 Å². The third-order valence-corrected chi connectivity index (χ3v) is 5.10. The third-order valence-electron chi connectivity index (χ3n) is 3.41. The van der Waals surface area contributed by atoms with Crippen LogP contribution in [0.2, 0.25) is 5.02 Å². The maximum Gasteiger partial charge on any atom is 0.416 e. The van der Waals surface area contributed by atoms with Crippen LogP contribution < -0.4 is 14.8 Å². The van der Waals surface area contributed by atoms with Crippen molar-refractivity contribution in [1.82, 2.24) is 0 Å². The van der Waals surface area contributed by atoms with Gasteiger partial charge in [-0.15, -0.1) is 0 Å². The fraction of sp³-hybridized carbons (Fsp3) is 0.235. The van der Waals surface area contributed by atoms with E-state index < -0.39 is 33.4 Å². The van der Waals surface area contributed by atoms with Crippen LogP contribution in [0, 0.1) is 0 Å². The fourth-order valence-electron chi connectivity index (χ4n) is 2.23. The molecule has 2 aromatic rings. The summed E-state index contributed by atoms with van der Waals surface area (Å²) in [6, 6.07) is 5.95. The van der Waals surface area contributed by atoms with Gasteiger partial charge in [0, 0.05) is 6.92 Å². The molecule has 2 aromatic carbocycles. The average Bonchev–Trinajstić information content (AvgIpc) is 2.57. The summed E-state index contributed by atoms with van der Waals surface area (Å²) in [5.41, 5.74) is -1.38. The number of anilines is 2. The Balaban J connectivity index is 2.44. The summed E-state index contributed by atoms with van der Waals surface area (Å²) in [4.78, 5) is 11.0. The van der Waals surface area contributed by atoms with E-state index in [9.17, 15) is 26.4 Å². The number of sulfonamides is 1. The molecule has 0 aliphatic carbocycles. The summed E-state index contributed by atoms with van der Waals surface area (Å²) in [7, 11) is -4.30. The second-order valence-corrected chi connectivity index (χ2v) is 7.66. The summed E-state index contributed by atoms with van der Waals surface area (Å²) in [6.45, 7) is 3.22. The molecule has 11 heteroatoms. The molecular formula is C17H16ClF3N2O4S. The minimum absolute atomic E-state index is 0.104. The van der Waals surface area contributed by atoms with Gasteiger partial charge in [-0.2, -0.15) is 13.2 Å². The summed E-state index contributed by atoms with van der Waals surface area (Å²) in [5, 5.41) is 2.24. The van der Waals surface area contributed by atoms with Crippen molar-refractivity contribution in [2.24, 2.45) is 0 Å². The maximum absolute atomic E-state index is 12.9. The third kappa shape index (κ3) is 5.29. The monoisotopic (exact) mass is 436 g/mol. The minimum atomic E-state index is -4.66. The first-order chi connectivity index (χ1) is 12.9. The molecular weight excluding hydrogens is 421 g/mol. The molecule has 0 atom stereocenters. The number of halogens is 4. The number of hydrogen-bond acceptors (Lipinski definition) is 4. The average molecular weight is 437 g/mol. The predicted molar refractivity (Wildman–Crippen MR) is 99.2 cm³/mol. The minimum Gasteiger partial charge on any atom is -0.492 e. The maximum atomic E-state index is 12.9. The van der Waals surface area contributed by atoms with Gasteiger partial charge in [0.15, 0.2) is 0 Å². The van der Waals surface area contributed by atoms with Crippen LogP contribution in [0.4, 0.5) is 24.5 Å². The van der Waals surface area contributed by atoms with E-state index in [1.54, 1.807) is 6.92 Å². The molecule has 6 nitrogen and oxygen atoms in total. The number of carbonyl (C=O) groups excluding carboxylic acids is 1. The van der Waals surface area contributed by atoms with Gasteiger partial charge in [0.1, 0.15) is 5.75 Å². The Morgan fingerprint density at radius 1 is 1.14 bits per heavy atom. The fourth-order valence-corrected chi connectivity index (χ4v) is 3.55. The highest BCUT2D eigenvalue weighted by molar-refractivity contribution is 7.92. The lowest BCUT2D eigenvalue weighted by Crippen LogP contribution is -2.15. The van der Waals surface area contributed by atoms with Crippen molar-refractivity contribution in [2.45, 2.75) is 24.9 Å². The van der Waals surface area contributed by atoms with Gasteiger partial charge in [-0.3, -0.25) is 9.52 Å². The van der Waals surface area contributed by atoms with E-state index in [0.29, 0.717) is 6.07 Å². The van der Waals surface area contributed by atoms with Crippen LogP contribution in [0.15, 0.2) is 41.3 Å². The molecule has 2 N–H and O–H groups in total. The first kappa shape index (κ1) is 21.8. The van der Waals surface area contributed by atoms with Gasteiger partial charge in [0.25, 0.3) is 10.0 Å². The second-order valence-electron chi connectivity index (χ2n) is 5.57. The highest BCUT2D eigenvalue weighted by Crippen LogP contribution is 2.35. The van der Waals surface area contributed by atoms with Crippen LogP contribution in [-0.4, -0.2) is 20.9 Å². The van der Waals surface area contributed by atoms with Crippen LogP contribution in [0.1, 0.15) is 19.4 Å². The molecule has 1 amide bonds. The zero-order chi connectivity index (χ0) is 21.1. The molecule has 152 valence electrons. The number of rotatable bonds is 6. The summed E-state index contributed by atoms with van der Waals surface area (Å²) in [5.74, 6) is -0.210. The van der Waals surface area contributed by atoms with Crippen LogP contribution in [0.5, 0.6) is 5.75 Å². The van der Waals surface area contributed by atoms with Gasteiger partial charge in [0.2, 0.25) is 5.91 Å². The van der Waals surface area contributed by atoms with Crippen molar-refractivity contribution >= 4 is 38.9 Å². The standard InChI is InChI=1S/C17H16ClF3N2O4S/c1-3-27-16-7-5-12(9-15(16)22-10(2)24)28(25,26)23-14-8-11(17(19,20)21)4-6-13(14)18/h4-9,23H,3H2,1-2H3,(H,22,24). The molecule has 0 aliphatic rings. The zero-order valence-corrected chi connectivity index (χ0v) is 16.3. The molecule has 0 heterocycles. The van der Waals surface area contributed by atoms with Crippen LogP contribution >= 0.6 is 11.6 Å². The number of amides is 1. The van der Waals surface area contributed by atoms with Crippen molar-refractivity contribution in [3.63, 3.8) is 0 Å². The van der Waals surface area contributed by atoms with E-state index >= 15 is 0 Å². The summed E-state index contributed by atoms with van der Waals surface area (Å²) >= 11 is 5.84. The van der Waals surface area contributed by atoms with Crippen molar-refractivity contribution in [1.29, 1.82) is 0 Å². The summed E-state index contributed by atoms with van der Waals surface area (Å²) in [6.07, 6.45) is -4.66. The van der Waals surface area contributed by atoms with Crippen molar-refractivity contribution < 1.29 is 31.1 Å². The highest BCUT2D eigenvalue weighted by atomic mass is 35.5. The lowest BCUT2D eigenvalue weighted by molar-refractivity contribution is -0.137. The molecule has 2 rings (SSSR count). The van der Waals surface area contributed by atoms with Gasteiger partial charge < -0.3 is 10.1 Å². The normalized spacial score (nSPS) is 11.8. The van der Waals surface area contributed by atoms with Crippen molar-refractivity contribution in [2.75, 3.05) is 16.6 Å². The van der Waals surface area contributed by atoms with E-state index in [2.05, 4.69) is 5.32 Å². The summed E-state index contributed by atoms with van der Waals surface area (Å²) < 4.78 is 71.2. The second kappa shape index (κ2) is 8.27. The zero-order valence-electron chi connectivity index (χ0n) is 14.7. The van der Waals surface area contributed by atoms with Gasteiger partial charge in [-0.05, 0) is 43.3 Å². The number of nitrogens with one attached hydrogen (secondary N) is 2. The Labute approximate surface area is 164 Å². The van der Waals surface area contributed by atoms with E-state index in [-0.39, 0.29) is 28.0 Å². The van der Waals surface area contributed by atoms with Gasteiger partial charge in [-0.1, -0.05) is 11.6 Å². The molecule has 0 fully saturated rings. The van der Waals surface area contributed by atoms with Gasteiger partial charge in [-0.25, -0.2) is 8.42 Å². The molecule has 0 aliphatic heterocycles. The molecule has 0 saturated heterocycles. The first-order valence-corrected chi connectivity index (χ1v) is 9.74. The number of ether oxygens (including phenoxy) is 1. The van der Waals surface area contributed by atoms with Crippen molar-refractivity contribution in [3.8, 4) is 5.75 Å². The van der Waals surface area contributed by atoms with E-state index in [1.165, 1.54) is 19.1 Å². The van der Waals surface area contributed by atoms with Gasteiger partial charge in [0.05, 0.1) is 33.5 Å². The molecule has 0 unspecified atom stereocenters.